The van der Waals surface area contributed by atoms with Gasteiger partial charge in [0.25, 0.3) is 0 Å². The SMILES string of the molecule is Cl.NC1CCC(CCl)CC1. The van der Waals surface area contributed by atoms with Gasteiger partial charge in [-0.1, -0.05) is 0 Å². The average Bonchev–Trinajstić information content (AvgIpc) is 1.90. The molecule has 1 rings (SSSR count). The maximum atomic E-state index is 5.71. The fourth-order valence-electron chi connectivity index (χ4n) is 1.34. The Hall–Kier alpha value is 0.540. The van der Waals surface area contributed by atoms with Gasteiger partial charge in [-0.25, -0.2) is 0 Å². The third-order valence-corrected chi connectivity index (χ3v) is 2.55. The highest BCUT2D eigenvalue weighted by atomic mass is 35.5. The minimum Gasteiger partial charge on any atom is -0.328 e. The fraction of sp³-hybridized carbons (Fsp3) is 1.00. The summed E-state index contributed by atoms with van der Waals surface area (Å²) < 4.78 is 0. The molecule has 1 nitrogen and oxygen atoms in total. The molecule has 0 heterocycles. The molecule has 0 amide bonds. The van der Waals surface area contributed by atoms with Gasteiger partial charge in [0.15, 0.2) is 0 Å². The highest BCUT2D eigenvalue weighted by Crippen LogP contribution is 2.23. The molecule has 2 N–H and O–H groups in total. The molecule has 0 atom stereocenters. The van der Waals surface area contributed by atoms with Gasteiger partial charge in [0.05, 0.1) is 0 Å². The highest BCUT2D eigenvalue weighted by Gasteiger charge is 2.16. The molecule has 10 heavy (non-hydrogen) atoms. The van der Waals surface area contributed by atoms with Gasteiger partial charge < -0.3 is 5.73 Å². The molecule has 1 aliphatic rings. The van der Waals surface area contributed by atoms with Crippen LogP contribution in [0.4, 0.5) is 0 Å². The summed E-state index contributed by atoms with van der Waals surface area (Å²) in [5.41, 5.74) is 5.71. The van der Waals surface area contributed by atoms with Crippen LogP contribution in [0.5, 0.6) is 0 Å². The molecule has 0 aliphatic heterocycles. The second kappa shape index (κ2) is 5.22. The molecule has 1 aliphatic carbocycles. The van der Waals surface area contributed by atoms with E-state index in [9.17, 15) is 0 Å². The predicted molar refractivity (Wildman–Crippen MR) is 47.9 cm³/mol. The van der Waals surface area contributed by atoms with Crippen LogP contribution in [-0.4, -0.2) is 11.9 Å². The third-order valence-electron chi connectivity index (χ3n) is 2.11. The Kier molecular flexibility index (Phi) is 5.51. The van der Waals surface area contributed by atoms with Crippen molar-refractivity contribution >= 4 is 24.0 Å². The summed E-state index contributed by atoms with van der Waals surface area (Å²) in [6.45, 7) is 0. The number of hydrogen-bond acceptors (Lipinski definition) is 1. The van der Waals surface area contributed by atoms with Crippen LogP contribution in [0.3, 0.4) is 0 Å². The van der Waals surface area contributed by atoms with Crippen molar-refractivity contribution in [2.75, 3.05) is 5.88 Å². The van der Waals surface area contributed by atoms with E-state index >= 15 is 0 Å². The molecule has 0 aromatic heterocycles. The molecule has 0 radical (unpaired) electrons. The summed E-state index contributed by atoms with van der Waals surface area (Å²) in [5.74, 6) is 1.58. The van der Waals surface area contributed by atoms with Gasteiger partial charge in [0, 0.05) is 11.9 Å². The van der Waals surface area contributed by atoms with Gasteiger partial charge in [0.1, 0.15) is 0 Å². The van der Waals surface area contributed by atoms with E-state index in [4.69, 9.17) is 17.3 Å². The standard InChI is InChI=1S/C7H14ClN.ClH/c8-5-6-1-3-7(9)4-2-6;/h6-7H,1-5,9H2;1H. The van der Waals surface area contributed by atoms with E-state index in [0.717, 1.165) is 11.8 Å². The van der Waals surface area contributed by atoms with Gasteiger partial charge >= 0.3 is 0 Å². The number of rotatable bonds is 1. The van der Waals surface area contributed by atoms with Crippen molar-refractivity contribution in [1.29, 1.82) is 0 Å². The lowest BCUT2D eigenvalue weighted by Crippen LogP contribution is -2.26. The molecule has 1 fully saturated rings. The van der Waals surface area contributed by atoms with Crippen LogP contribution < -0.4 is 5.73 Å². The Morgan fingerprint density at radius 3 is 2.10 bits per heavy atom. The van der Waals surface area contributed by atoms with Gasteiger partial charge in [-0.2, -0.15) is 0 Å². The lowest BCUT2D eigenvalue weighted by atomic mass is 9.88. The lowest BCUT2D eigenvalue weighted by molar-refractivity contribution is 0.351. The number of hydrogen-bond donors (Lipinski definition) is 1. The molecule has 3 heteroatoms. The van der Waals surface area contributed by atoms with Gasteiger partial charge in [-0.15, -0.1) is 24.0 Å². The first-order chi connectivity index (χ1) is 4.33. The van der Waals surface area contributed by atoms with Crippen LogP contribution >= 0.6 is 24.0 Å². The quantitative estimate of drug-likeness (QED) is 0.621. The molecular weight excluding hydrogens is 169 g/mol. The normalized spacial score (nSPS) is 33.0. The van der Waals surface area contributed by atoms with Crippen molar-refractivity contribution in [3.63, 3.8) is 0 Å². The van der Waals surface area contributed by atoms with E-state index in [-0.39, 0.29) is 12.4 Å². The molecule has 0 unspecified atom stereocenters. The van der Waals surface area contributed by atoms with Crippen molar-refractivity contribution in [3.05, 3.63) is 0 Å². The van der Waals surface area contributed by atoms with Crippen molar-refractivity contribution < 1.29 is 0 Å². The average molecular weight is 184 g/mol. The van der Waals surface area contributed by atoms with Crippen molar-refractivity contribution in [1.82, 2.24) is 0 Å². The third kappa shape index (κ3) is 3.09. The van der Waals surface area contributed by atoms with E-state index in [1.807, 2.05) is 0 Å². The Bertz CT molecular complexity index is 79.7. The fourth-order valence-corrected chi connectivity index (χ4v) is 1.65. The van der Waals surface area contributed by atoms with Crippen molar-refractivity contribution in [3.8, 4) is 0 Å². The van der Waals surface area contributed by atoms with Crippen molar-refractivity contribution in [2.24, 2.45) is 11.7 Å². The Morgan fingerprint density at radius 2 is 1.70 bits per heavy atom. The monoisotopic (exact) mass is 183 g/mol. The molecule has 0 saturated heterocycles. The van der Waals surface area contributed by atoms with Gasteiger partial charge in [-0.05, 0) is 31.6 Å². The Balaban J connectivity index is 0.000000810. The summed E-state index contributed by atoms with van der Waals surface area (Å²) in [4.78, 5) is 0. The number of nitrogens with two attached hydrogens (primary N) is 1. The molecule has 0 spiro atoms. The first-order valence-electron chi connectivity index (χ1n) is 3.64. The Labute approximate surface area is 73.7 Å². The minimum absolute atomic E-state index is 0. The van der Waals surface area contributed by atoms with Gasteiger partial charge in [0.2, 0.25) is 0 Å². The zero-order valence-electron chi connectivity index (χ0n) is 6.05. The van der Waals surface area contributed by atoms with E-state index in [1.54, 1.807) is 0 Å². The van der Waals surface area contributed by atoms with Gasteiger partial charge in [-0.3, -0.25) is 0 Å². The van der Waals surface area contributed by atoms with E-state index in [0.29, 0.717) is 6.04 Å². The number of halogens is 2. The van der Waals surface area contributed by atoms with Crippen LogP contribution in [-0.2, 0) is 0 Å². The zero-order valence-corrected chi connectivity index (χ0v) is 7.63. The Morgan fingerprint density at radius 1 is 1.20 bits per heavy atom. The van der Waals surface area contributed by atoms with E-state index in [2.05, 4.69) is 0 Å². The smallest absolute Gasteiger partial charge is 0.0251 e. The van der Waals surface area contributed by atoms with Crippen molar-refractivity contribution in [2.45, 2.75) is 31.7 Å². The minimum atomic E-state index is 0. The summed E-state index contributed by atoms with van der Waals surface area (Å²) >= 11 is 5.69. The van der Waals surface area contributed by atoms with Crippen LogP contribution in [0.1, 0.15) is 25.7 Å². The maximum Gasteiger partial charge on any atom is 0.0251 e. The molecule has 62 valence electrons. The summed E-state index contributed by atoms with van der Waals surface area (Å²) in [5, 5.41) is 0. The predicted octanol–water partition coefficient (Wildman–Crippen LogP) is 2.16. The molecule has 0 bridgehead atoms. The number of alkyl halides is 1. The van der Waals surface area contributed by atoms with Crippen LogP contribution in [0.15, 0.2) is 0 Å². The zero-order chi connectivity index (χ0) is 6.69. The maximum absolute atomic E-state index is 5.71. The van der Waals surface area contributed by atoms with E-state index < -0.39 is 0 Å². The molecule has 0 aromatic carbocycles. The first kappa shape index (κ1) is 10.5. The van der Waals surface area contributed by atoms with Crippen LogP contribution in [0.2, 0.25) is 0 Å². The largest absolute Gasteiger partial charge is 0.328 e. The highest BCUT2D eigenvalue weighted by molar-refractivity contribution is 6.18. The summed E-state index contributed by atoms with van der Waals surface area (Å²) in [7, 11) is 0. The summed E-state index contributed by atoms with van der Waals surface area (Å²) in [6, 6.07) is 0.462. The molecule has 1 saturated carbocycles. The second-order valence-corrected chi connectivity index (χ2v) is 3.24. The summed E-state index contributed by atoms with van der Waals surface area (Å²) in [6.07, 6.45) is 4.84. The van der Waals surface area contributed by atoms with Crippen LogP contribution in [0, 0.1) is 5.92 Å². The van der Waals surface area contributed by atoms with Crippen LogP contribution in [0.25, 0.3) is 0 Å². The van der Waals surface area contributed by atoms with E-state index in [1.165, 1.54) is 25.7 Å². The second-order valence-electron chi connectivity index (χ2n) is 2.94. The molecular formula is C7H15Cl2N. The topological polar surface area (TPSA) is 26.0 Å². The first-order valence-corrected chi connectivity index (χ1v) is 4.18. The lowest BCUT2D eigenvalue weighted by Gasteiger charge is -2.23. The molecule has 0 aromatic rings.